The Balaban J connectivity index is 1.71. The first-order valence-corrected chi connectivity index (χ1v) is 10.3. The van der Waals surface area contributed by atoms with Crippen LogP contribution in [0.3, 0.4) is 0 Å². The van der Waals surface area contributed by atoms with Crippen LogP contribution in [0.1, 0.15) is 69.8 Å². The molecule has 0 bridgehead atoms. The molecule has 0 saturated heterocycles. The molecule has 0 unspecified atom stereocenters. The fourth-order valence-corrected chi connectivity index (χ4v) is 4.69. The molecule has 0 amide bonds. The standard InChI is InChI=1S/C20H29BrO/c21-15-16-11-13-19(14-12-16)22-20(17-7-3-1-4-8-17)18-9-5-2-6-10-18/h11-14,17-18,20H,1-10,15H2. The molecule has 122 valence electrons. The molecule has 1 aromatic rings. The van der Waals surface area contributed by atoms with Crippen LogP contribution in [0.4, 0.5) is 0 Å². The number of hydrogen-bond donors (Lipinski definition) is 0. The topological polar surface area (TPSA) is 9.23 Å². The van der Waals surface area contributed by atoms with E-state index in [0.717, 1.165) is 22.9 Å². The van der Waals surface area contributed by atoms with Gasteiger partial charge >= 0.3 is 0 Å². The van der Waals surface area contributed by atoms with Gasteiger partial charge in [0.05, 0.1) is 0 Å². The van der Waals surface area contributed by atoms with Gasteiger partial charge in [-0.25, -0.2) is 0 Å². The second kappa shape index (κ2) is 8.38. The van der Waals surface area contributed by atoms with Gasteiger partial charge in [0.1, 0.15) is 11.9 Å². The predicted octanol–water partition coefficient (Wildman–Crippen LogP) is 6.49. The van der Waals surface area contributed by atoms with E-state index in [9.17, 15) is 0 Å². The highest BCUT2D eigenvalue weighted by Gasteiger charge is 2.33. The third-order valence-electron chi connectivity index (χ3n) is 5.58. The zero-order valence-electron chi connectivity index (χ0n) is 13.6. The highest BCUT2D eigenvalue weighted by atomic mass is 79.9. The number of hydrogen-bond acceptors (Lipinski definition) is 1. The van der Waals surface area contributed by atoms with E-state index in [1.165, 1.54) is 69.8 Å². The summed E-state index contributed by atoms with van der Waals surface area (Å²) >= 11 is 3.52. The Kier molecular flexibility index (Phi) is 6.23. The van der Waals surface area contributed by atoms with E-state index < -0.39 is 0 Å². The zero-order valence-corrected chi connectivity index (χ0v) is 15.2. The van der Waals surface area contributed by atoms with E-state index in [0.29, 0.717) is 6.10 Å². The van der Waals surface area contributed by atoms with Crippen molar-refractivity contribution >= 4 is 15.9 Å². The molecule has 0 aromatic heterocycles. The molecule has 0 N–H and O–H groups in total. The van der Waals surface area contributed by atoms with Crippen molar-refractivity contribution in [1.29, 1.82) is 0 Å². The minimum absolute atomic E-state index is 0.454. The second-order valence-corrected chi connectivity index (χ2v) is 7.72. The van der Waals surface area contributed by atoms with Crippen LogP contribution >= 0.6 is 15.9 Å². The molecule has 0 radical (unpaired) electrons. The molecule has 0 heterocycles. The lowest BCUT2D eigenvalue weighted by Crippen LogP contribution is -2.37. The maximum absolute atomic E-state index is 6.58. The molecule has 0 aliphatic heterocycles. The monoisotopic (exact) mass is 364 g/mol. The molecule has 3 rings (SSSR count). The summed E-state index contributed by atoms with van der Waals surface area (Å²) in [6.07, 6.45) is 14.4. The van der Waals surface area contributed by atoms with Crippen LogP contribution in [-0.4, -0.2) is 6.10 Å². The molecule has 1 aromatic carbocycles. The molecule has 22 heavy (non-hydrogen) atoms. The molecule has 2 saturated carbocycles. The van der Waals surface area contributed by atoms with Gasteiger partial charge in [0.2, 0.25) is 0 Å². The van der Waals surface area contributed by atoms with Crippen molar-refractivity contribution in [2.24, 2.45) is 11.8 Å². The Labute approximate surface area is 144 Å². The summed E-state index contributed by atoms with van der Waals surface area (Å²) < 4.78 is 6.58. The predicted molar refractivity (Wildman–Crippen MR) is 96.6 cm³/mol. The van der Waals surface area contributed by atoms with Crippen molar-refractivity contribution in [2.45, 2.75) is 75.6 Å². The van der Waals surface area contributed by atoms with Gasteiger partial charge < -0.3 is 4.74 Å². The number of alkyl halides is 1. The summed E-state index contributed by atoms with van der Waals surface area (Å²) in [6.45, 7) is 0. The molecule has 2 heteroatoms. The van der Waals surface area contributed by atoms with Gasteiger partial charge in [0, 0.05) is 5.33 Å². The quantitative estimate of drug-likeness (QED) is 0.542. The molecule has 2 fully saturated rings. The van der Waals surface area contributed by atoms with E-state index in [1.54, 1.807) is 0 Å². The maximum Gasteiger partial charge on any atom is 0.119 e. The Morgan fingerprint density at radius 3 is 1.77 bits per heavy atom. The van der Waals surface area contributed by atoms with Gasteiger partial charge in [-0.05, 0) is 55.2 Å². The Morgan fingerprint density at radius 1 is 0.818 bits per heavy atom. The zero-order chi connectivity index (χ0) is 15.2. The van der Waals surface area contributed by atoms with Gasteiger partial charge in [-0.1, -0.05) is 66.6 Å². The van der Waals surface area contributed by atoms with Crippen LogP contribution in [0, 0.1) is 11.8 Å². The first-order chi connectivity index (χ1) is 10.9. The van der Waals surface area contributed by atoms with E-state index in [-0.39, 0.29) is 0 Å². The minimum atomic E-state index is 0.454. The van der Waals surface area contributed by atoms with Crippen molar-refractivity contribution in [1.82, 2.24) is 0 Å². The molecular weight excluding hydrogens is 336 g/mol. The number of halogens is 1. The lowest BCUT2D eigenvalue weighted by molar-refractivity contribution is 0.0390. The van der Waals surface area contributed by atoms with Crippen molar-refractivity contribution in [3.05, 3.63) is 29.8 Å². The summed E-state index contributed by atoms with van der Waals surface area (Å²) in [5.41, 5.74) is 1.32. The number of rotatable bonds is 5. The normalized spacial score (nSPS) is 21.2. The van der Waals surface area contributed by atoms with Crippen LogP contribution in [0.25, 0.3) is 0 Å². The van der Waals surface area contributed by atoms with E-state index in [4.69, 9.17) is 4.74 Å². The SMILES string of the molecule is BrCc1ccc(OC(C2CCCCC2)C2CCCCC2)cc1. The van der Waals surface area contributed by atoms with Gasteiger partial charge in [0.15, 0.2) is 0 Å². The van der Waals surface area contributed by atoms with Crippen molar-refractivity contribution < 1.29 is 4.74 Å². The molecule has 0 spiro atoms. The van der Waals surface area contributed by atoms with Crippen LogP contribution in [0.15, 0.2) is 24.3 Å². The van der Waals surface area contributed by atoms with Gasteiger partial charge in [-0.3, -0.25) is 0 Å². The average Bonchev–Trinajstić information content (AvgIpc) is 2.62. The van der Waals surface area contributed by atoms with Crippen LogP contribution in [0.2, 0.25) is 0 Å². The molecule has 0 atom stereocenters. The maximum atomic E-state index is 6.58. The fourth-order valence-electron chi connectivity index (χ4n) is 4.32. The number of benzene rings is 1. The summed E-state index contributed by atoms with van der Waals surface area (Å²) in [7, 11) is 0. The van der Waals surface area contributed by atoms with Crippen LogP contribution in [-0.2, 0) is 5.33 Å². The molecular formula is C20H29BrO. The summed E-state index contributed by atoms with van der Waals surface area (Å²) in [6, 6.07) is 8.69. The third-order valence-corrected chi connectivity index (χ3v) is 6.23. The second-order valence-electron chi connectivity index (χ2n) is 7.16. The first kappa shape index (κ1) is 16.4. The average molecular weight is 365 g/mol. The lowest BCUT2D eigenvalue weighted by Gasteiger charge is -2.37. The van der Waals surface area contributed by atoms with Crippen LogP contribution < -0.4 is 4.74 Å². The van der Waals surface area contributed by atoms with Crippen molar-refractivity contribution in [3.8, 4) is 5.75 Å². The Bertz CT molecular complexity index is 412. The summed E-state index contributed by atoms with van der Waals surface area (Å²) in [5, 5.41) is 0.919. The fraction of sp³-hybridized carbons (Fsp3) is 0.700. The molecule has 2 aliphatic carbocycles. The molecule has 2 aliphatic rings. The van der Waals surface area contributed by atoms with E-state index in [1.807, 2.05) is 0 Å². The van der Waals surface area contributed by atoms with E-state index >= 15 is 0 Å². The largest absolute Gasteiger partial charge is 0.490 e. The third kappa shape index (κ3) is 4.28. The van der Waals surface area contributed by atoms with Gasteiger partial charge in [-0.2, -0.15) is 0 Å². The Morgan fingerprint density at radius 2 is 1.32 bits per heavy atom. The van der Waals surface area contributed by atoms with Crippen molar-refractivity contribution in [3.63, 3.8) is 0 Å². The first-order valence-electron chi connectivity index (χ1n) is 9.18. The van der Waals surface area contributed by atoms with E-state index in [2.05, 4.69) is 40.2 Å². The van der Waals surface area contributed by atoms with Crippen molar-refractivity contribution in [2.75, 3.05) is 0 Å². The summed E-state index contributed by atoms with van der Waals surface area (Å²) in [5.74, 6) is 2.64. The van der Waals surface area contributed by atoms with Gasteiger partial charge in [0.25, 0.3) is 0 Å². The molecule has 1 nitrogen and oxygen atoms in total. The highest BCUT2D eigenvalue weighted by Crippen LogP contribution is 2.38. The minimum Gasteiger partial charge on any atom is -0.490 e. The highest BCUT2D eigenvalue weighted by molar-refractivity contribution is 9.08. The lowest BCUT2D eigenvalue weighted by atomic mass is 9.75. The van der Waals surface area contributed by atoms with Crippen LogP contribution in [0.5, 0.6) is 5.75 Å². The number of ether oxygens (including phenoxy) is 1. The van der Waals surface area contributed by atoms with Gasteiger partial charge in [-0.15, -0.1) is 0 Å². The smallest absolute Gasteiger partial charge is 0.119 e. The summed E-state index contributed by atoms with van der Waals surface area (Å²) in [4.78, 5) is 0. The Hall–Kier alpha value is -0.500.